The highest BCUT2D eigenvalue weighted by Gasteiger charge is 2.36. The van der Waals surface area contributed by atoms with Gasteiger partial charge in [-0.3, -0.25) is 0 Å². The molecule has 0 amide bonds. The van der Waals surface area contributed by atoms with E-state index in [1.165, 1.54) is 22.5 Å². The van der Waals surface area contributed by atoms with Crippen molar-refractivity contribution in [3.8, 4) is 29.0 Å². The first-order valence-corrected chi connectivity index (χ1v) is 15.1. The van der Waals surface area contributed by atoms with Crippen molar-refractivity contribution in [1.29, 1.82) is 10.5 Å². The van der Waals surface area contributed by atoms with E-state index in [1.54, 1.807) is 0 Å². The lowest BCUT2D eigenvalue weighted by Gasteiger charge is -2.42. The molecule has 4 heteroatoms. The van der Waals surface area contributed by atoms with Crippen molar-refractivity contribution in [3.05, 3.63) is 156 Å². The smallest absolute Gasteiger partial charge is 0.0991 e. The summed E-state index contributed by atoms with van der Waals surface area (Å²) in [4.78, 5) is 2.37. The molecule has 1 aliphatic rings. The Morgan fingerprint density at radius 1 is 0.511 bits per heavy atom. The Morgan fingerprint density at radius 2 is 1.07 bits per heavy atom. The molecule has 1 aromatic heterocycles. The number of rotatable bonds is 3. The lowest BCUT2D eigenvalue weighted by molar-refractivity contribution is 0.632. The summed E-state index contributed by atoms with van der Waals surface area (Å²) in [5.74, 6) is 0. The van der Waals surface area contributed by atoms with Crippen molar-refractivity contribution in [2.45, 2.75) is 19.3 Å². The zero-order valence-corrected chi connectivity index (χ0v) is 25.0. The maximum atomic E-state index is 9.57. The molecule has 0 saturated carbocycles. The molecule has 0 saturated heterocycles. The van der Waals surface area contributed by atoms with Crippen LogP contribution in [0.5, 0.6) is 0 Å². The van der Waals surface area contributed by atoms with E-state index in [1.807, 2.05) is 36.4 Å². The monoisotopic (exact) mass is 576 g/mol. The fourth-order valence-electron chi connectivity index (χ4n) is 7.02. The molecule has 212 valence electrons. The van der Waals surface area contributed by atoms with Gasteiger partial charge in [-0.05, 0) is 95.1 Å². The number of nitrogens with zero attached hydrogens (tertiary/aromatic N) is 4. The summed E-state index contributed by atoms with van der Waals surface area (Å²) in [6.45, 7) is 4.61. The number of para-hydroxylation sites is 2. The molecular formula is C41H28N4. The third-order valence-corrected chi connectivity index (χ3v) is 9.22. The number of benzene rings is 6. The van der Waals surface area contributed by atoms with Crippen LogP contribution in [0, 0.1) is 22.7 Å². The topological polar surface area (TPSA) is 55.8 Å². The van der Waals surface area contributed by atoms with E-state index >= 15 is 0 Å². The van der Waals surface area contributed by atoms with Crippen LogP contribution >= 0.6 is 0 Å². The van der Waals surface area contributed by atoms with Gasteiger partial charge >= 0.3 is 0 Å². The van der Waals surface area contributed by atoms with E-state index in [9.17, 15) is 10.5 Å². The molecule has 0 fully saturated rings. The number of anilines is 3. The standard InChI is InChI=1S/C41H28N4/c1-41(2)35-10-3-5-12-39(35)44(40-13-6-4-11-36(40)41)31-18-16-29(17-19-31)30-8-7-9-32(24-30)45-37-20-14-27(25-42)22-33(37)34-23-28(26-43)15-21-38(34)45/h3-24H,1-2H3. The largest absolute Gasteiger partial charge is 0.310 e. The van der Waals surface area contributed by atoms with E-state index in [-0.39, 0.29) is 5.41 Å². The highest BCUT2D eigenvalue weighted by Crippen LogP contribution is 2.51. The molecule has 0 N–H and O–H groups in total. The first kappa shape index (κ1) is 26.5. The van der Waals surface area contributed by atoms with Crippen LogP contribution < -0.4 is 4.90 Å². The first-order chi connectivity index (χ1) is 22.0. The zero-order valence-electron chi connectivity index (χ0n) is 25.0. The van der Waals surface area contributed by atoms with Crippen LogP contribution in [-0.4, -0.2) is 4.57 Å². The van der Waals surface area contributed by atoms with Crippen molar-refractivity contribution < 1.29 is 0 Å². The second-order valence-corrected chi connectivity index (χ2v) is 12.1. The second kappa shape index (κ2) is 9.98. The van der Waals surface area contributed by atoms with Crippen LogP contribution in [0.15, 0.2) is 133 Å². The maximum absolute atomic E-state index is 9.57. The second-order valence-electron chi connectivity index (χ2n) is 12.1. The Morgan fingerprint density at radius 3 is 1.62 bits per heavy atom. The van der Waals surface area contributed by atoms with Gasteiger partial charge in [0.1, 0.15) is 0 Å². The van der Waals surface area contributed by atoms with Gasteiger partial charge in [0.05, 0.1) is 45.7 Å². The van der Waals surface area contributed by atoms with Crippen LogP contribution in [0.1, 0.15) is 36.1 Å². The number of aromatic nitrogens is 1. The van der Waals surface area contributed by atoms with E-state index in [0.29, 0.717) is 11.1 Å². The molecule has 8 rings (SSSR count). The van der Waals surface area contributed by atoms with Crippen LogP contribution in [-0.2, 0) is 5.41 Å². The summed E-state index contributed by atoms with van der Waals surface area (Å²) in [6, 6.07) is 50.8. The minimum atomic E-state index is -0.0940. The average molecular weight is 577 g/mol. The zero-order chi connectivity index (χ0) is 30.7. The summed E-state index contributed by atoms with van der Waals surface area (Å²) < 4.78 is 2.22. The van der Waals surface area contributed by atoms with Gasteiger partial charge in [-0.25, -0.2) is 0 Å². The summed E-state index contributed by atoms with van der Waals surface area (Å²) in [5.41, 5.74) is 12.5. The average Bonchev–Trinajstić information content (AvgIpc) is 3.41. The molecule has 0 aliphatic carbocycles. The number of nitriles is 2. The van der Waals surface area contributed by atoms with Crippen LogP contribution in [0.4, 0.5) is 17.1 Å². The van der Waals surface area contributed by atoms with Crippen molar-refractivity contribution >= 4 is 38.9 Å². The fraction of sp³-hybridized carbons (Fsp3) is 0.0732. The Kier molecular flexibility index (Phi) is 5.88. The quantitative estimate of drug-likeness (QED) is 0.210. The Hall–Kier alpha value is -6.10. The van der Waals surface area contributed by atoms with Gasteiger partial charge < -0.3 is 9.47 Å². The lowest BCUT2D eigenvalue weighted by atomic mass is 9.73. The van der Waals surface area contributed by atoms with E-state index in [2.05, 4.69) is 133 Å². The van der Waals surface area contributed by atoms with Crippen LogP contribution in [0.3, 0.4) is 0 Å². The van der Waals surface area contributed by atoms with Gasteiger partial charge in [0.15, 0.2) is 0 Å². The maximum Gasteiger partial charge on any atom is 0.0991 e. The Bertz CT molecular complexity index is 2260. The highest BCUT2D eigenvalue weighted by atomic mass is 15.2. The minimum Gasteiger partial charge on any atom is -0.310 e. The number of hydrogen-bond acceptors (Lipinski definition) is 3. The van der Waals surface area contributed by atoms with Gasteiger partial charge in [-0.15, -0.1) is 0 Å². The fourth-order valence-corrected chi connectivity index (χ4v) is 7.02. The number of hydrogen-bond donors (Lipinski definition) is 0. The Balaban J connectivity index is 1.23. The molecule has 4 nitrogen and oxygen atoms in total. The molecule has 1 aliphatic heterocycles. The molecule has 2 heterocycles. The molecule has 0 unspecified atom stereocenters. The van der Waals surface area contributed by atoms with Crippen LogP contribution in [0.25, 0.3) is 38.6 Å². The van der Waals surface area contributed by atoms with Gasteiger partial charge in [-0.1, -0.05) is 74.5 Å². The SMILES string of the molecule is CC1(C)c2ccccc2N(c2ccc(-c3cccc(-n4c5ccc(C#N)cc5c5cc(C#N)ccc54)c3)cc2)c2ccccc21. The van der Waals surface area contributed by atoms with Crippen molar-refractivity contribution in [2.75, 3.05) is 4.90 Å². The molecule has 7 aromatic rings. The number of fused-ring (bicyclic) bond motifs is 5. The molecule has 45 heavy (non-hydrogen) atoms. The van der Waals surface area contributed by atoms with Crippen LogP contribution in [0.2, 0.25) is 0 Å². The lowest BCUT2D eigenvalue weighted by Crippen LogP contribution is -2.30. The molecule has 6 aromatic carbocycles. The van der Waals surface area contributed by atoms with E-state index in [0.717, 1.165) is 44.3 Å². The minimum absolute atomic E-state index is 0.0940. The van der Waals surface area contributed by atoms with Gasteiger partial charge in [0.2, 0.25) is 0 Å². The van der Waals surface area contributed by atoms with Gasteiger partial charge in [-0.2, -0.15) is 10.5 Å². The molecular weight excluding hydrogens is 548 g/mol. The van der Waals surface area contributed by atoms with Gasteiger partial charge in [0, 0.05) is 27.6 Å². The Labute approximate surface area is 262 Å². The molecule has 0 radical (unpaired) electrons. The van der Waals surface area contributed by atoms with Gasteiger partial charge in [0.25, 0.3) is 0 Å². The summed E-state index contributed by atoms with van der Waals surface area (Å²) in [6.07, 6.45) is 0. The van der Waals surface area contributed by atoms with Crippen molar-refractivity contribution in [1.82, 2.24) is 4.57 Å². The summed E-state index contributed by atoms with van der Waals surface area (Å²) in [7, 11) is 0. The highest BCUT2D eigenvalue weighted by molar-refractivity contribution is 6.10. The predicted octanol–water partition coefficient (Wildman–Crippen LogP) is 10.3. The predicted molar refractivity (Wildman–Crippen MR) is 182 cm³/mol. The summed E-state index contributed by atoms with van der Waals surface area (Å²) >= 11 is 0. The molecule has 0 bridgehead atoms. The van der Waals surface area contributed by atoms with E-state index in [4.69, 9.17) is 0 Å². The molecule has 0 spiro atoms. The van der Waals surface area contributed by atoms with Crippen molar-refractivity contribution in [2.24, 2.45) is 0 Å². The van der Waals surface area contributed by atoms with Crippen molar-refractivity contribution in [3.63, 3.8) is 0 Å². The third kappa shape index (κ3) is 4.04. The normalized spacial score (nSPS) is 13.2. The first-order valence-electron chi connectivity index (χ1n) is 15.1. The summed E-state index contributed by atoms with van der Waals surface area (Å²) in [5, 5.41) is 21.1. The van der Waals surface area contributed by atoms with E-state index < -0.39 is 0 Å². The third-order valence-electron chi connectivity index (χ3n) is 9.22. The molecule has 0 atom stereocenters.